The molecule has 1 aromatic carbocycles. The fraction of sp³-hybridized carbons (Fsp3) is 0.231. The number of thioether (sulfide) groups is 1. The van der Waals surface area contributed by atoms with E-state index in [-0.39, 0.29) is 0 Å². The number of benzene rings is 1. The number of ether oxygens (including phenoxy) is 1. The second-order valence-electron chi connectivity index (χ2n) is 4.31. The minimum Gasteiger partial charge on any atom is -0.486 e. The van der Waals surface area contributed by atoms with E-state index in [9.17, 15) is 0 Å². The summed E-state index contributed by atoms with van der Waals surface area (Å²) in [6.45, 7) is 2.05. The van der Waals surface area contributed by atoms with Crippen molar-refractivity contribution in [3.05, 3.63) is 46.9 Å². The third-order valence-corrected chi connectivity index (χ3v) is 3.68. The molecule has 114 valence electrons. The minimum atomic E-state index is 0.300. The number of aromatic amines is 1. The third kappa shape index (κ3) is 3.99. The molecule has 0 saturated heterocycles. The maximum atomic E-state index is 5.81. The van der Waals surface area contributed by atoms with Gasteiger partial charge in [-0.05, 0) is 24.3 Å². The molecule has 0 amide bonds. The van der Waals surface area contributed by atoms with Crippen LogP contribution in [-0.2, 0) is 12.4 Å². The maximum Gasteiger partial charge on any atom is 0.226 e. The summed E-state index contributed by atoms with van der Waals surface area (Å²) in [5.74, 6) is 2.97. The molecular weight excluding hydrogens is 326 g/mol. The second-order valence-corrected chi connectivity index (χ2v) is 5.69. The number of aromatic nitrogens is 5. The number of nitrogens with one attached hydrogen (secondary N) is 1. The molecule has 7 nitrogen and oxygen atoms in total. The molecule has 0 unspecified atom stereocenters. The van der Waals surface area contributed by atoms with Gasteiger partial charge in [-0.15, -0.1) is 15.3 Å². The summed E-state index contributed by atoms with van der Waals surface area (Å²) < 4.78 is 10.9. The number of hydrogen-bond donors (Lipinski definition) is 1. The van der Waals surface area contributed by atoms with E-state index in [1.807, 2.05) is 0 Å². The second kappa shape index (κ2) is 6.80. The highest BCUT2D eigenvalue weighted by atomic mass is 35.5. The molecule has 3 rings (SSSR count). The van der Waals surface area contributed by atoms with Crippen LogP contribution >= 0.6 is 23.4 Å². The molecular formula is C13H12ClN5O2S. The average molecular weight is 338 g/mol. The summed E-state index contributed by atoms with van der Waals surface area (Å²) in [5, 5.41) is 15.9. The molecule has 22 heavy (non-hydrogen) atoms. The zero-order chi connectivity index (χ0) is 15.4. The van der Waals surface area contributed by atoms with E-state index in [1.165, 1.54) is 11.8 Å². The van der Waals surface area contributed by atoms with Crippen LogP contribution in [0.1, 0.15) is 17.6 Å². The first kappa shape index (κ1) is 14.9. The van der Waals surface area contributed by atoms with Gasteiger partial charge in [-0.1, -0.05) is 23.4 Å². The SMILES string of the molecule is Cc1nnc(CSc2n[nH]c(COc3ccc(Cl)cc3)n2)o1. The molecule has 0 aliphatic heterocycles. The Bertz CT molecular complexity index is 743. The first-order chi connectivity index (χ1) is 10.7. The van der Waals surface area contributed by atoms with E-state index < -0.39 is 0 Å². The number of halogens is 1. The van der Waals surface area contributed by atoms with Gasteiger partial charge in [0.1, 0.15) is 12.4 Å². The average Bonchev–Trinajstić information content (AvgIpc) is 3.13. The molecule has 3 aromatic rings. The van der Waals surface area contributed by atoms with Crippen molar-refractivity contribution in [3.63, 3.8) is 0 Å². The zero-order valence-corrected chi connectivity index (χ0v) is 13.2. The lowest BCUT2D eigenvalue weighted by Crippen LogP contribution is -1.97. The number of nitrogens with zero attached hydrogens (tertiary/aromatic N) is 4. The molecule has 0 bridgehead atoms. The van der Waals surface area contributed by atoms with Gasteiger partial charge >= 0.3 is 0 Å². The van der Waals surface area contributed by atoms with Crippen LogP contribution in [0.4, 0.5) is 0 Å². The lowest BCUT2D eigenvalue weighted by atomic mass is 10.3. The molecule has 2 aromatic heterocycles. The predicted molar refractivity (Wildman–Crippen MR) is 80.8 cm³/mol. The third-order valence-electron chi connectivity index (χ3n) is 2.59. The predicted octanol–water partition coefficient (Wildman–Crippen LogP) is 3.02. The van der Waals surface area contributed by atoms with Gasteiger partial charge < -0.3 is 9.15 Å². The lowest BCUT2D eigenvalue weighted by molar-refractivity contribution is 0.296. The van der Waals surface area contributed by atoms with Crippen LogP contribution in [0.15, 0.2) is 33.8 Å². The van der Waals surface area contributed by atoms with Crippen LogP contribution in [-0.4, -0.2) is 25.4 Å². The summed E-state index contributed by atoms with van der Waals surface area (Å²) in [6, 6.07) is 7.13. The summed E-state index contributed by atoms with van der Waals surface area (Å²) in [6.07, 6.45) is 0. The quantitative estimate of drug-likeness (QED) is 0.691. The van der Waals surface area contributed by atoms with Gasteiger partial charge in [-0.3, -0.25) is 5.10 Å². The molecule has 0 saturated carbocycles. The molecule has 0 aliphatic rings. The maximum absolute atomic E-state index is 5.81. The van der Waals surface area contributed by atoms with Crippen molar-refractivity contribution in [2.75, 3.05) is 0 Å². The van der Waals surface area contributed by atoms with Gasteiger partial charge in [0, 0.05) is 11.9 Å². The Morgan fingerprint density at radius 1 is 1.27 bits per heavy atom. The van der Waals surface area contributed by atoms with Crippen LogP contribution in [0.2, 0.25) is 5.02 Å². The Hall–Kier alpha value is -2.06. The van der Waals surface area contributed by atoms with Gasteiger partial charge in [0.15, 0.2) is 5.82 Å². The van der Waals surface area contributed by atoms with Crippen molar-refractivity contribution in [2.45, 2.75) is 24.4 Å². The highest BCUT2D eigenvalue weighted by molar-refractivity contribution is 7.98. The highest BCUT2D eigenvalue weighted by Crippen LogP contribution is 2.19. The summed E-state index contributed by atoms with van der Waals surface area (Å²) in [5.41, 5.74) is 0. The topological polar surface area (TPSA) is 89.7 Å². The first-order valence-electron chi connectivity index (χ1n) is 6.40. The largest absolute Gasteiger partial charge is 0.486 e. The summed E-state index contributed by atoms with van der Waals surface area (Å²) in [7, 11) is 0. The van der Waals surface area contributed by atoms with Crippen LogP contribution in [0.5, 0.6) is 5.75 Å². The molecule has 0 fully saturated rings. The van der Waals surface area contributed by atoms with E-state index in [0.717, 1.165) is 5.75 Å². The van der Waals surface area contributed by atoms with E-state index in [0.29, 0.717) is 40.1 Å². The lowest BCUT2D eigenvalue weighted by Gasteiger charge is -2.02. The molecule has 0 aliphatic carbocycles. The van der Waals surface area contributed by atoms with Crippen molar-refractivity contribution in [2.24, 2.45) is 0 Å². The van der Waals surface area contributed by atoms with Crippen molar-refractivity contribution in [1.82, 2.24) is 25.4 Å². The Balaban J connectivity index is 1.51. The fourth-order valence-electron chi connectivity index (χ4n) is 1.61. The van der Waals surface area contributed by atoms with Gasteiger partial charge in [-0.25, -0.2) is 4.98 Å². The van der Waals surface area contributed by atoms with E-state index >= 15 is 0 Å². The van der Waals surface area contributed by atoms with Crippen molar-refractivity contribution >= 4 is 23.4 Å². The number of hydrogen-bond acceptors (Lipinski definition) is 7. The van der Waals surface area contributed by atoms with Crippen LogP contribution < -0.4 is 4.74 Å². The van der Waals surface area contributed by atoms with Crippen molar-refractivity contribution in [3.8, 4) is 5.75 Å². The number of rotatable bonds is 6. The Morgan fingerprint density at radius 2 is 2.09 bits per heavy atom. The van der Waals surface area contributed by atoms with Crippen molar-refractivity contribution in [1.29, 1.82) is 0 Å². The molecule has 0 atom stereocenters. The van der Waals surface area contributed by atoms with E-state index in [4.69, 9.17) is 20.8 Å². The first-order valence-corrected chi connectivity index (χ1v) is 7.77. The van der Waals surface area contributed by atoms with Gasteiger partial charge in [0.25, 0.3) is 0 Å². The van der Waals surface area contributed by atoms with Crippen LogP contribution in [0.25, 0.3) is 0 Å². The summed E-state index contributed by atoms with van der Waals surface area (Å²) >= 11 is 7.22. The van der Waals surface area contributed by atoms with E-state index in [1.54, 1.807) is 31.2 Å². The molecule has 0 spiro atoms. The summed E-state index contributed by atoms with van der Waals surface area (Å²) in [4.78, 5) is 4.32. The smallest absolute Gasteiger partial charge is 0.226 e. The fourth-order valence-corrected chi connectivity index (χ4v) is 2.39. The highest BCUT2D eigenvalue weighted by Gasteiger charge is 2.08. The number of H-pyrrole nitrogens is 1. The van der Waals surface area contributed by atoms with Gasteiger partial charge in [-0.2, -0.15) is 0 Å². The van der Waals surface area contributed by atoms with Crippen molar-refractivity contribution < 1.29 is 9.15 Å². The van der Waals surface area contributed by atoms with Gasteiger partial charge in [0.05, 0.1) is 5.75 Å². The van der Waals surface area contributed by atoms with Gasteiger partial charge in [0.2, 0.25) is 16.9 Å². The normalized spacial score (nSPS) is 10.8. The minimum absolute atomic E-state index is 0.300. The van der Waals surface area contributed by atoms with Crippen LogP contribution in [0, 0.1) is 6.92 Å². The van der Waals surface area contributed by atoms with E-state index in [2.05, 4.69) is 25.4 Å². The standard InChI is InChI=1S/C13H12ClN5O2S/c1-8-16-18-12(21-8)7-22-13-15-11(17-19-13)6-20-10-4-2-9(14)3-5-10/h2-5H,6-7H2,1H3,(H,15,17,19). The Labute approximate surface area is 135 Å². The molecule has 1 N–H and O–H groups in total. The molecule has 2 heterocycles. The molecule has 9 heteroatoms. The van der Waals surface area contributed by atoms with Crippen LogP contribution in [0.3, 0.4) is 0 Å². The Morgan fingerprint density at radius 3 is 2.82 bits per heavy atom. The Kier molecular flexibility index (Phi) is 4.59. The monoisotopic (exact) mass is 337 g/mol. The zero-order valence-electron chi connectivity index (χ0n) is 11.6. The number of aryl methyl sites for hydroxylation is 1. The molecule has 0 radical (unpaired) electrons.